The number of hydrogen-bond donors (Lipinski definition) is 0. The van der Waals surface area contributed by atoms with E-state index in [4.69, 9.17) is 11.6 Å². The smallest absolute Gasteiger partial charge is 0.282 e. The Morgan fingerprint density at radius 3 is 2.00 bits per heavy atom. The van der Waals surface area contributed by atoms with E-state index in [1.54, 1.807) is 12.1 Å². The third kappa shape index (κ3) is 5.09. The van der Waals surface area contributed by atoms with Gasteiger partial charge in [-0.3, -0.25) is 4.39 Å². The summed E-state index contributed by atoms with van der Waals surface area (Å²) in [6.07, 6.45) is 1.97. The van der Waals surface area contributed by atoms with Crippen LogP contribution in [0, 0.1) is 18.8 Å². The van der Waals surface area contributed by atoms with Gasteiger partial charge >= 0.3 is 58.2 Å². The average Bonchev–Trinajstić information content (AvgIpc) is 2.57. The summed E-state index contributed by atoms with van der Waals surface area (Å²) in [6, 6.07) is 22.6. The zero-order valence-corrected chi connectivity index (χ0v) is 19.6. The van der Waals surface area contributed by atoms with Gasteiger partial charge in [0, 0.05) is 5.82 Å². The van der Waals surface area contributed by atoms with E-state index >= 15 is 0 Å². The van der Waals surface area contributed by atoms with Gasteiger partial charge < -0.3 is 0 Å². The molecule has 0 aliphatic rings. The molecule has 0 nitrogen and oxygen atoms in total. The van der Waals surface area contributed by atoms with Crippen LogP contribution in [0.25, 0.3) is 11.1 Å². The molecule has 3 heteroatoms. The first kappa shape index (κ1) is 20.0. The topological polar surface area (TPSA) is 0 Å². The molecule has 0 heterocycles. The number of aryl methyl sites for hydroxylation is 3. The Kier molecular flexibility index (Phi) is 7.84. The molecule has 0 spiro atoms. The van der Waals surface area contributed by atoms with Gasteiger partial charge in [0.05, 0.1) is 0 Å². The number of halogens is 2. The van der Waals surface area contributed by atoms with Crippen molar-refractivity contribution < 1.29 is 62.6 Å². The molecule has 0 radical (unpaired) electrons. The van der Waals surface area contributed by atoms with E-state index in [9.17, 15) is 4.39 Å². The molecular weight excluding hydrogens is 392 g/mol. The van der Waals surface area contributed by atoms with Crippen molar-refractivity contribution in [2.45, 2.75) is 19.8 Å². The molecule has 3 aromatic carbocycles. The van der Waals surface area contributed by atoms with Crippen molar-refractivity contribution in [1.82, 2.24) is 0 Å². The van der Waals surface area contributed by atoms with Crippen LogP contribution in [0.5, 0.6) is 0 Å². The summed E-state index contributed by atoms with van der Waals surface area (Å²) in [5, 5.41) is 0.0333. The van der Waals surface area contributed by atoms with Gasteiger partial charge in [0.15, 0.2) is 0 Å². The fourth-order valence-electron chi connectivity index (χ4n) is 2.57. The fourth-order valence-corrected chi connectivity index (χ4v) is 2.74. The molecule has 0 unspecified atom stereocenters. The van der Waals surface area contributed by atoms with Crippen LogP contribution in [0.1, 0.15) is 16.7 Å². The predicted octanol–water partition coefficient (Wildman–Crippen LogP) is 3.04. The molecule has 0 aromatic heterocycles. The minimum Gasteiger partial charge on any atom is -0.282 e. The van der Waals surface area contributed by atoms with E-state index in [1.807, 2.05) is 24.3 Å². The number of rotatable bonds is 4. The average molecular weight is 409 g/mol. The van der Waals surface area contributed by atoms with Crippen molar-refractivity contribution in [3.63, 3.8) is 0 Å². The molecule has 3 aromatic rings. The van der Waals surface area contributed by atoms with Gasteiger partial charge in [-0.1, -0.05) is 59.7 Å². The quantitative estimate of drug-likeness (QED) is 0.582. The summed E-state index contributed by atoms with van der Waals surface area (Å²) in [6.45, 7) is 2.09. The molecule has 0 N–H and O–H groups in total. The first-order valence-corrected chi connectivity index (χ1v) is 8.02. The van der Waals surface area contributed by atoms with E-state index < -0.39 is 5.82 Å². The van der Waals surface area contributed by atoms with Gasteiger partial charge in [-0.05, 0) is 41.5 Å². The fraction of sp³-hybridized carbons (Fsp3) is 0.143. The Morgan fingerprint density at radius 1 is 0.875 bits per heavy atom. The largest absolute Gasteiger partial charge is 1.00 e. The maximum atomic E-state index is 14.0. The Bertz CT molecular complexity index is 795. The van der Waals surface area contributed by atoms with Crippen LogP contribution in [0.4, 0.5) is 4.39 Å². The molecule has 0 aliphatic heterocycles. The first-order valence-electron chi connectivity index (χ1n) is 7.64. The van der Waals surface area contributed by atoms with Gasteiger partial charge in [-0.25, -0.2) is 0 Å². The standard InChI is InChI=1S/C21H17ClF.Rb/c1-15-5-7-16(8-6-15)9-10-17-11-13-18(14-12-17)19-3-2-4-20(22)21(19)23;/h2-3,5-8,11-14H,9-10H2,1H3;/q-1;+1. The van der Waals surface area contributed by atoms with Crippen LogP contribution < -0.4 is 58.2 Å². The zero-order chi connectivity index (χ0) is 16.2. The van der Waals surface area contributed by atoms with E-state index in [-0.39, 0.29) is 63.2 Å². The SMILES string of the molecule is Cc1ccc(CCc2ccc(-c3cc[c-]c(Cl)c3F)cc2)cc1.[Rb+]. The van der Waals surface area contributed by atoms with Crippen molar-refractivity contribution in [3.05, 3.63) is 94.3 Å². The summed E-state index contributed by atoms with van der Waals surface area (Å²) >= 11 is 5.79. The van der Waals surface area contributed by atoms with Crippen LogP contribution in [-0.2, 0) is 12.8 Å². The van der Waals surface area contributed by atoms with E-state index in [1.165, 1.54) is 16.7 Å². The van der Waals surface area contributed by atoms with Gasteiger partial charge in [-0.15, -0.1) is 11.6 Å². The summed E-state index contributed by atoms with van der Waals surface area (Å²) in [5.74, 6) is -0.415. The normalized spacial score (nSPS) is 10.3. The van der Waals surface area contributed by atoms with Gasteiger partial charge in [0.25, 0.3) is 0 Å². The Morgan fingerprint density at radius 2 is 1.42 bits per heavy atom. The molecule has 0 atom stereocenters. The Balaban J connectivity index is 0.00000208. The summed E-state index contributed by atoms with van der Waals surface area (Å²) in [4.78, 5) is 0. The van der Waals surface area contributed by atoms with Crippen molar-refractivity contribution in [1.29, 1.82) is 0 Å². The number of hydrogen-bond acceptors (Lipinski definition) is 0. The monoisotopic (exact) mass is 408 g/mol. The maximum Gasteiger partial charge on any atom is 1.00 e. The molecule has 3 rings (SSSR count). The van der Waals surface area contributed by atoms with Crippen LogP contribution in [0.3, 0.4) is 0 Å². The van der Waals surface area contributed by atoms with E-state index in [0.717, 1.165) is 18.4 Å². The molecule has 24 heavy (non-hydrogen) atoms. The van der Waals surface area contributed by atoms with Crippen LogP contribution in [0.2, 0.25) is 5.02 Å². The minimum atomic E-state index is -0.415. The van der Waals surface area contributed by atoms with Gasteiger partial charge in [-0.2, -0.15) is 18.2 Å². The Hall–Kier alpha value is -0.315. The molecule has 0 aliphatic carbocycles. The second-order valence-electron chi connectivity index (χ2n) is 5.70. The molecule has 0 saturated heterocycles. The molecule has 116 valence electrons. The van der Waals surface area contributed by atoms with Crippen molar-refractivity contribution in [3.8, 4) is 11.1 Å². The third-order valence-corrected chi connectivity index (χ3v) is 4.25. The Labute approximate surface area is 196 Å². The summed E-state index contributed by atoms with van der Waals surface area (Å²) < 4.78 is 14.0. The predicted molar refractivity (Wildman–Crippen MR) is 94.3 cm³/mol. The van der Waals surface area contributed by atoms with E-state index in [0.29, 0.717) is 5.56 Å². The van der Waals surface area contributed by atoms with E-state index in [2.05, 4.69) is 37.3 Å². The molecule has 0 amide bonds. The summed E-state index contributed by atoms with van der Waals surface area (Å²) in [7, 11) is 0. The molecular formula is C21H17ClFRb. The van der Waals surface area contributed by atoms with Crippen molar-refractivity contribution in [2.75, 3.05) is 0 Å². The van der Waals surface area contributed by atoms with Crippen LogP contribution in [0.15, 0.2) is 60.7 Å². The maximum absolute atomic E-state index is 14.0. The summed E-state index contributed by atoms with van der Waals surface area (Å²) in [5.41, 5.74) is 5.19. The second-order valence-corrected chi connectivity index (χ2v) is 6.08. The van der Waals surface area contributed by atoms with Crippen molar-refractivity contribution >= 4 is 11.6 Å². The molecule has 0 fully saturated rings. The zero-order valence-electron chi connectivity index (χ0n) is 13.9. The second kappa shape index (κ2) is 9.40. The van der Waals surface area contributed by atoms with Crippen LogP contribution >= 0.6 is 11.6 Å². The minimum absolute atomic E-state index is 0. The third-order valence-electron chi connectivity index (χ3n) is 3.98. The molecule has 0 bridgehead atoms. The van der Waals surface area contributed by atoms with Gasteiger partial charge in [0.1, 0.15) is 0 Å². The van der Waals surface area contributed by atoms with Gasteiger partial charge in [0.2, 0.25) is 0 Å². The van der Waals surface area contributed by atoms with Crippen molar-refractivity contribution in [2.24, 2.45) is 0 Å². The molecule has 0 saturated carbocycles. The van der Waals surface area contributed by atoms with Crippen LogP contribution in [-0.4, -0.2) is 0 Å². The number of benzene rings is 3. The first-order chi connectivity index (χ1) is 11.1.